The Kier molecular flexibility index (Phi) is 7.63. The Morgan fingerprint density at radius 2 is 2.00 bits per heavy atom. The number of rotatable bonds is 8. The quantitative estimate of drug-likeness (QED) is 0.743. The molecule has 1 aliphatic rings. The molecule has 6 nitrogen and oxygen atoms in total. The maximum atomic E-state index is 12.5. The first-order valence-corrected chi connectivity index (χ1v) is 9.33. The number of hydrogen-bond donors (Lipinski definition) is 2. The average Bonchev–Trinajstić information content (AvgIpc) is 2.65. The van der Waals surface area contributed by atoms with Crippen LogP contribution in [0.2, 0.25) is 0 Å². The van der Waals surface area contributed by atoms with Gasteiger partial charge in [0.1, 0.15) is 0 Å². The second-order valence-corrected chi connectivity index (χ2v) is 6.90. The Labute approximate surface area is 154 Å². The van der Waals surface area contributed by atoms with E-state index in [1.165, 1.54) is 0 Å². The van der Waals surface area contributed by atoms with Gasteiger partial charge in [-0.3, -0.25) is 14.4 Å². The smallest absolute Gasteiger partial charge is 0.308 e. The molecule has 2 N–H and O–H groups in total. The van der Waals surface area contributed by atoms with Crippen LogP contribution < -0.4 is 5.32 Å². The molecule has 1 heterocycles. The molecule has 1 aromatic carbocycles. The highest BCUT2D eigenvalue weighted by Crippen LogP contribution is 2.18. The highest BCUT2D eigenvalue weighted by Gasteiger charge is 2.29. The van der Waals surface area contributed by atoms with Crippen LogP contribution in [0.1, 0.15) is 38.2 Å². The number of nitrogens with one attached hydrogen (secondary N) is 1. The molecule has 142 valence electrons. The molecule has 2 rings (SSSR count). The third-order valence-corrected chi connectivity index (χ3v) is 4.81. The van der Waals surface area contributed by atoms with Gasteiger partial charge in [-0.05, 0) is 31.2 Å². The lowest BCUT2D eigenvalue weighted by Crippen LogP contribution is -2.46. The number of likely N-dealkylation sites (tertiary alicyclic amines) is 1. The summed E-state index contributed by atoms with van der Waals surface area (Å²) in [4.78, 5) is 37.8. The molecule has 2 amide bonds. The lowest BCUT2D eigenvalue weighted by molar-refractivity contribution is -0.141. The number of carbonyl (C=O) groups is 3. The Hall–Kier alpha value is -2.37. The number of aliphatic carboxylic acids is 1. The van der Waals surface area contributed by atoms with Crippen LogP contribution in [-0.4, -0.2) is 47.4 Å². The molecule has 0 radical (unpaired) electrons. The van der Waals surface area contributed by atoms with Gasteiger partial charge in [-0.25, -0.2) is 0 Å². The van der Waals surface area contributed by atoms with Crippen molar-refractivity contribution in [2.45, 2.75) is 39.0 Å². The van der Waals surface area contributed by atoms with Crippen LogP contribution in [0.3, 0.4) is 0 Å². The summed E-state index contributed by atoms with van der Waals surface area (Å²) < 4.78 is 0. The third kappa shape index (κ3) is 5.86. The van der Waals surface area contributed by atoms with E-state index in [0.717, 1.165) is 24.8 Å². The predicted molar refractivity (Wildman–Crippen MR) is 98.5 cm³/mol. The molecular weight excluding hydrogens is 332 g/mol. The molecule has 2 atom stereocenters. The summed E-state index contributed by atoms with van der Waals surface area (Å²) in [7, 11) is 0. The summed E-state index contributed by atoms with van der Waals surface area (Å²) in [5, 5.41) is 12.2. The largest absolute Gasteiger partial charge is 0.481 e. The van der Waals surface area contributed by atoms with E-state index in [1.807, 2.05) is 37.3 Å². The fraction of sp³-hybridized carbons (Fsp3) is 0.550. The number of nitrogens with zero attached hydrogens (tertiary/aromatic N) is 1. The lowest BCUT2D eigenvalue weighted by atomic mass is 9.95. The molecule has 0 aliphatic carbocycles. The van der Waals surface area contributed by atoms with Crippen molar-refractivity contribution < 1.29 is 19.5 Å². The lowest BCUT2D eigenvalue weighted by Gasteiger charge is -2.32. The minimum Gasteiger partial charge on any atom is -0.481 e. The first-order valence-electron chi connectivity index (χ1n) is 9.33. The van der Waals surface area contributed by atoms with Crippen LogP contribution in [0, 0.1) is 11.8 Å². The predicted octanol–water partition coefficient (Wildman–Crippen LogP) is 2.08. The fourth-order valence-electron chi connectivity index (χ4n) is 3.30. The highest BCUT2D eigenvalue weighted by atomic mass is 16.4. The Balaban J connectivity index is 1.87. The van der Waals surface area contributed by atoms with Crippen LogP contribution >= 0.6 is 0 Å². The summed E-state index contributed by atoms with van der Waals surface area (Å²) in [5.74, 6) is -1.90. The first kappa shape index (κ1) is 19.9. The molecule has 0 aromatic heterocycles. The zero-order valence-electron chi connectivity index (χ0n) is 15.3. The Morgan fingerprint density at radius 1 is 1.27 bits per heavy atom. The molecule has 1 aliphatic heterocycles. The minimum absolute atomic E-state index is 0.0949. The van der Waals surface area contributed by atoms with Crippen molar-refractivity contribution >= 4 is 17.8 Å². The van der Waals surface area contributed by atoms with Crippen molar-refractivity contribution in [3.8, 4) is 0 Å². The SMILES string of the molecule is CCCC(=O)N1CCCC(C(=O)NCC(Cc2ccccc2)C(=O)O)C1. The van der Waals surface area contributed by atoms with Gasteiger partial charge in [-0.2, -0.15) is 0 Å². The van der Waals surface area contributed by atoms with Gasteiger partial charge >= 0.3 is 5.97 Å². The topological polar surface area (TPSA) is 86.7 Å². The number of carboxylic acid groups (broad SMARTS) is 1. The van der Waals surface area contributed by atoms with Crippen LogP contribution in [0.5, 0.6) is 0 Å². The summed E-state index contributed by atoms with van der Waals surface area (Å²) in [6, 6.07) is 9.40. The summed E-state index contributed by atoms with van der Waals surface area (Å²) in [6.07, 6.45) is 3.22. The number of piperidine rings is 1. The number of amides is 2. The van der Waals surface area contributed by atoms with Gasteiger partial charge in [0.05, 0.1) is 11.8 Å². The molecule has 1 fully saturated rings. The van der Waals surface area contributed by atoms with Gasteiger partial charge in [0.15, 0.2) is 0 Å². The molecule has 0 bridgehead atoms. The summed E-state index contributed by atoms with van der Waals surface area (Å²) in [6.45, 7) is 3.20. The number of hydrogen-bond acceptors (Lipinski definition) is 3. The first-order chi connectivity index (χ1) is 12.5. The summed E-state index contributed by atoms with van der Waals surface area (Å²) >= 11 is 0. The van der Waals surface area contributed by atoms with Crippen molar-refractivity contribution in [2.24, 2.45) is 11.8 Å². The molecule has 0 spiro atoms. The van der Waals surface area contributed by atoms with Gasteiger partial charge in [0, 0.05) is 26.1 Å². The van der Waals surface area contributed by atoms with Crippen LogP contribution in [-0.2, 0) is 20.8 Å². The zero-order chi connectivity index (χ0) is 18.9. The minimum atomic E-state index is -0.919. The van der Waals surface area contributed by atoms with E-state index in [-0.39, 0.29) is 24.3 Å². The number of benzene rings is 1. The second kappa shape index (κ2) is 9.94. The number of carboxylic acids is 1. The van der Waals surface area contributed by atoms with Crippen LogP contribution in [0.15, 0.2) is 30.3 Å². The molecule has 1 saturated heterocycles. The van der Waals surface area contributed by atoms with E-state index in [9.17, 15) is 19.5 Å². The second-order valence-electron chi connectivity index (χ2n) is 6.90. The monoisotopic (exact) mass is 360 g/mol. The van der Waals surface area contributed by atoms with Crippen LogP contribution in [0.25, 0.3) is 0 Å². The molecule has 2 unspecified atom stereocenters. The number of carbonyl (C=O) groups excluding carboxylic acids is 2. The van der Waals surface area contributed by atoms with Crippen molar-refractivity contribution in [1.82, 2.24) is 10.2 Å². The van der Waals surface area contributed by atoms with Crippen molar-refractivity contribution in [3.63, 3.8) is 0 Å². The fourth-order valence-corrected chi connectivity index (χ4v) is 3.30. The van der Waals surface area contributed by atoms with Crippen molar-refractivity contribution in [1.29, 1.82) is 0 Å². The Morgan fingerprint density at radius 3 is 2.65 bits per heavy atom. The zero-order valence-corrected chi connectivity index (χ0v) is 15.3. The van der Waals surface area contributed by atoms with E-state index in [2.05, 4.69) is 5.32 Å². The normalized spacial score (nSPS) is 18.2. The van der Waals surface area contributed by atoms with Gasteiger partial charge in [0.25, 0.3) is 0 Å². The molecule has 26 heavy (non-hydrogen) atoms. The third-order valence-electron chi connectivity index (χ3n) is 4.81. The van der Waals surface area contributed by atoms with Gasteiger partial charge in [0.2, 0.25) is 11.8 Å². The van der Waals surface area contributed by atoms with E-state index in [0.29, 0.717) is 25.9 Å². The van der Waals surface area contributed by atoms with E-state index in [1.54, 1.807) is 4.90 Å². The van der Waals surface area contributed by atoms with Crippen molar-refractivity contribution in [3.05, 3.63) is 35.9 Å². The molecule has 1 aromatic rings. The standard InChI is InChI=1S/C20H28N2O4/c1-2-7-18(23)22-11-6-10-16(14-22)19(24)21-13-17(20(25)26)12-15-8-4-3-5-9-15/h3-5,8-9,16-17H,2,6-7,10-14H2,1H3,(H,21,24)(H,25,26). The maximum Gasteiger partial charge on any atom is 0.308 e. The van der Waals surface area contributed by atoms with Gasteiger partial charge < -0.3 is 15.3 Å². The maximum absolute atomic E-state index is 12.5. The average molecular weight is 360 g/mol. The molecule has 0 saturated carbocycles. The molecule has 6 heteroatoms. The van der Waals surface area contributed by atoms with Gasteiger partial charge in [-0.15, -0.1) is 0 Å². The van der Waals surface area contributed by atoms with Crippen LogP contribution in [0.4, 0.5) is 0 Å². The van der Waals surface area contributed by atoms with E-state index in [4.69, 9.17) is 0 Å². The molecular formula is C20H28N2O4. The summed E-state index contributed by atoms with van der Waals surface area (Å²) in [5.41, 5.74) is 0.933. The van der Waals surface area contributed by atoms with Gasteiger partial charge in [-0.1, -0.05) is 37.3 Å². The van der Waals surface area contributed by atoms with E-state index >= 15 is 0 Å². The van der Waals surface area contributed by atoms with E-state index < -0.39 is 11.9 Å². The van der Waals surface area contributed by atoms with Crippen molar-refractivity contribution in [2.75, 3.05) is 19.6 Å². The highest BCUT2D eigenvalue weighted by molar-refractivity contribution is 5.82. The Bertz CT molecular complexity index is 617.